The van der Waals surface area contributed by atoms with E-state index in [4.69, 9.17) is 25.1 Å². The molecule has 1 unspecified atom stereocenters. The predicted molar refractivity (Wildman–Crippen MR) is 73.0 cm³/mol. The second kappa shape index (κ2) is 13.7. The van der Waals surface area contributed by atoms with E-state index in [2.05, 4.69) is 0 Å². The SMILES string of the molecule is O=C(O)CCC(CC(=O)O)(C(=O)O)P(=O)(O)O.[KH].[KH].[KH]. The van der Waals surface area contributed by atoms with Crippen molar-refractivity contribution in [3.8, 4) is 0 Å². The molecule has 0 aromatic rings. The van der Waals surface area contributed by atoms with Gasteiger partial charge in [-0.15, -0.1) is 0 Å². The van der Waals surface area contributed by atoms with E-state index < -0.39 is 49.9 Å². The van der Waals surface area contributed by atoms with Crippen molar-refractivity contribution in [3.05, 3.63) is 0 Å². The van der Waals surface area contributed by atoms with Crippen LogP contribution in [0.4, 0.5) is 0 Å². The van der Waals surface area contributed by atoms with Gasteiger partial charge in [0.05, 0.1) is 6.42 Å². The van der Waals surface area contributed by atoms with Crippen molar-refractivity contribution >= 4 is 180 Å². The van der Waals surface area contributed by atoms with Crippen molar-refractivity contribution in [2.75, 3.05) is 0 Å². The molecule has 0 amide bonds. The number of carboxylic acid groups (broad SMARTS) is 3. The Labute approximate surface area is 242 Å². The second-order valence-electron chi connectivity index (χ2n) is 3.35. The van der Waals surface area contributed by atoms with Crippen molar-refractivity contribution < 1.29 is 44.1 Å². The molecule has 1 atom stereocenters. The van der Waals surface area contributed by atoms with Gasteiger partial charge in [-0.3, -0.25) is 18.9 Å². The minimum absolute atomic E-state index is 0. The van der Waals surface area contributed by atoms with E-state index in [1.807, 2.05) is 0 Å². The second-order valence-corrected chi connectivity index (χ2v) is 5.29. The number of aliphatic carboxylic acids is 3. The Balaban J connectivity index is -0.000000427. The third-order valence-corrected chi connectivity index (χ3v) is 3.84. The molecule has 0 aromatic heterocycles. The van der Waals surface area contributed by atoms with Crippen LogP contribution in [0.3, 0.4) is 0 Å². The summed E-state index contributed by atoms with van der Waals surface area (Å²) < 4.78 is 11.1. The van der Waals surface area contributed by atoms with E-state index in [0.29, 0.717) is 0 Å². The molecule has 0 rings (SSSR count). The van der Waals surface area contributed by atoms with Gasteiger partial charge in [0.1, 0.15) is 0 Å². The van der Waals surface area contributed by atoms with Gasteiger partial charge in [-0.2, -0.15) is 0 Å². The van der Waals surface area contributed by atoms with Crippen molar-refractivity contribution in [2.45, 2.75) is 24.4 Å². The van der Waals surface area contributed by atoms with E-state index in [0.717, 1.165) is 0 Å². The van der Waals surface area contributed by atoms with Crippen LogP contribution < -0.4 is 0 Å². The van der Waals surface area contributed by atoms with Crippen LogP contribution in [-0.2, 0) is 18.9 Å². The van der Waals surface area contributed by atoms with Crippen LogP contribution in [0.1, 0.15) is 19.3 Å². The molecule has 0 bridgehead atoms. The van der Waals surface area contributed by atoms with E-state index >= 15 is 0 Å². The molecular formula is C7H14K3O9P. The Morgan fingerprint density at radius 3 is 1.50 bits per heavy atom. The first-order chi connectivity index (χ1) is 7.53. The maximum absolute atomic E-state index is 11.1. The summed E-state index contributed by atoms with van der Waals surface area (Å²) in [5, 5.41) is 22.7. The van der Waals surface area contributed by atoms with Crippen molar-refractivity contribution in [3.63, 3.8) is 0 Å². The normalized spacial score (nSPS) is 12.7. The summed E-state index contributed by atoms with van der Waals surface area (Å²) in [7, 11) is -5.32. The molecule has 20 heavy (non-hydrogen) atoms. The first-order valence-electron chi connectivity index (χ1n) is 4.25. The van der Waals surface area contributed by atoms with Crippen LogP contribution in [0.15, 0.2) is 0 Å². The third-order valence-electron chi connectivity index (χ3n) is 2.15. The first kappa shape index (κ1) is 31.3. The van der Waals surface area contributed by atoms with Gasteiger partial charge in [-0.1, -0.05) is 0 Å². The molecule has 0 fully saturated rings. The Morgan fingerprint density at radius 1 is 0.900 bits per heavy atom. The Kier molecular flexibility index (Phi) is 21.5. The number of hydrogen-bond acceptors (Lipinski definition) is 4. The monoisotopic (exact) mass is 390 g/mol. The topological polar surface area (TPSA) is 169 Å². The van der Waals surface area contributed by atoms with Gasteiger partial charge in [0.2, 0.25) is 0 Å². The zero-order chi connectivity index (χ0) is 13.9. The molecular weight excluding hydrogens is 376 g/mol. The van der Waals surface area contributed by atoms with Crippen molar-refractivity contribution in [1.82, 2.24) is 0 Å². The molecule has 0 radical (unpaired) electrons. The zero-order valence-electron chi connectivity index (χ0n) is 8.44. The average Bonchev–Trinajstić information content (AvgIpc) is 2.08. The molecule has 0 spiro atoms. The standard InChI is InChI=1S/C7H11O9P.3K.3H/c8-4(9)1-2-7(6(12)13,3-5(10)11)17(14,15)16;;;;;;/h1-3H2,(H,8,9)(H,10,11)(H,12,13)(H2,14,15,16);;;;;;. The van der Waals surface area contributed by atoms with Crippen LogP contribution in [0, 0.1) is 0 Å². The summed E-state index contributed by atoms with van der Waals surface area (Å²) in [5.74, 6) is -5.25. The summed E-state index contributed by atoms with van der Waals surface area (Å²) in [6, 6.07) is 0. The zero-order valence-corrected chi connectivity index (χ0v) is 9.33. The van der Waals surface area contributed by atoms with Crippen LogP contribution in [0.2, 0.25) is 0 Å². The van der Waals surface area contributed by atoms with Crippen LogP contribution in [0.5, 0.6) is 0 Å². The minimum atomic E-state index is -5.32. The van der Waals surface area contributed by atoms with Gasteiger partial charge in [0, 0.05) is 6.42 Å². The summed E-state index contributed by atoms with van der Waals surface area (Å²) in [5.41, 5.74) is 0. The van der Waals surface area contributed by atoms with Gasteiger partial charge < -0.3 is 25.1 Å². The van der Waals surface area contributed by atoms with Gasteiger partial charge in [-0.05, 0) is 6.42 Å². The van der Waals surface area contributed by atoms with Crippen molar-refractivity contribution in [2.24, 2.45) is 0 Å². The Hall–Kier alpha value is 3.47. The fourth-order valence-corrected chi connectivity index (χ4v) is 2.20. The van der Waals surface area contributed by atoms with Gasteiger partial charge in [0.25, 0.3) is 0 Å². The molecule has 0 aliphatic rings. The summed E-state index contributed by atoms with van der Waals surface area (Å²) in [6.45, 7) is 0. The third kappa shape index (κ3) is 10.4. The summed E-state index contributed by atoms with van der Waals surface area (Å²) in [4.78, 5) is 49.5. The Bertz CT molecular complexity index is 395. The van der Waals surface area contributed by atoms with Gasteiger partial charge in [-0.25, -0.2) is 0 Å². The molecule has 0 saturated heterocycles. The Morgan fingerprint density at radius 2 is 1.30 bits per heavy atom. The van der Waals surface area contributed by atoms with Gasteiger partial charge in [0.15, 0.2) is 5.16 Å². The van der Waals surface area contributed by atoms with E-state index in [9.17, 15) is 18.9 Å². The number of rotatable bonds is 7. The number of hydrogen-bond donors (Lipinski definition) is 5. The summed E-state index contributed by atoms with van der Waals surface area (Å²) in [6.07, 6.45) is -3.17. The molecule has 0 aliphatic heterocycles. The van der Waals surface area contributed by atoms with E-state index in [1.54, 1.807) is 0 Å². The van der Waals surface area contributed by atoms with Gasteiger partial charge >= 0.3 is 180 Å². The molecule has 0 aliphatic carbocycles. The molecule has 0 saturated carbocycles. The van der Waals surface area contributed by atoms with Crippen molar-refractivity contribution in [1.29, 1.82) is 0 Å². The number of carbonyl (C=O) groups is 3. The first-order valence-corrected chi connectivity index (χ1v) is 5.87. The molecule has 104 valence electrons. The maximum atomic E-state index is 11.1. The average molecular weight is 390 g/mol. The van der Waals surface area contributed by atoms with Crippen LogP contribution in [-0.4, -0.2) is 202 Å². The molecule has 9 nitrogen and oxygen atoms in total. The molecule has 5 N–H and O–H groups in total. The molecule has 0 heterocycles. The van der Waals surface area contributed by atoms with Crippen LogP contribution in [0.25, 0.3) is 0 Å². The molecule has 0 aromatic carbocycles. The van der Waals surface area contributed by atoms with Crippen LogP contribution >= 0.6 is 7.60 Å². The fraction of sp³-hybridized carbons (Fsp3) is 0.571. The van der Waals surface area contributed by atoms with E-state index in [1.165, 1.54) is 0 Å². The predicted octanol–water partition coefficient (Wildman–Crippen LogP) is -2.62. The summed E-state index contributed by atoms with van der Waals surface area (Å²) >= 11 is 0. The van der Waals surface area contributed by atoms with E-state index in [-0.39, 0.29) is 154 Å². The fourth-order valence-electron chi connectivity index (χ4n) is 1.21. The molecule has 13 heteroatoms. The quantitative estimate of drug-likeness (QED) is 0.231. The number of carboxylic acids is 3.